The van der Waals surface area contributed by atoms with E-state index in [1.165, 1.54) is 12.0 Å². The summed E-state index contributed by atoms with van der Waals surface area (Å²) >= 11 is 1.62. The summed E-state index contributed by atoms with van der Waals surface area (Å²) in [6, 6.07) is 18.6. The maximum atomic E-state index is 12.4. The third-order valence-electron chi connectivity index (χ3n) is 5.58. The Morgan fingerprint density at radius 2 is 1.93 bits per heavy atom. The quantitative estimate of drug-likeness (QED) is 0.631. The number of hydrogen-bond acceptors (Lipinski definition) is 3. The highest BCUT2D eigenvalue weighted by Crippen LogP contribution is 2.43. The van der Waals surface area contributed by atoms with E-state index in [0.29, 0.717) is 5.75 Å². The molecule has 2 N–H and O–H groups in total. The van der Waals surface area contributed by atoms with E-state index in [0.717, 1.165) is 36.2 Å². The van der Waals surface area contributed by atoms with Gasteiger partial charge in [-0.05, 0) is 37.5 Å². The molecule has 1 fully saturated rings. The van der Waals surface area contributed by atoms with E-state index in [2.05, 4.69) is 46.5 Å². The van der Waals surface area contributed by atoms with Gasteiger partial charge in [-0.15, -0.1) is 11.8 Å². The third kappa shape index (κ3) is 3.88. The minimum absolute atomic E-state index is 0.102. The number of nitrogens with one attached hydrogen (secondary N) is 2. The Morgan fingerprint density at radius 1 is 1.19 bits per heavy atom. The predicted molar refractivity (Wildman–Crippen MR) is 112 cm³/mol. The van der Waals surface area contributed by atoms with Crippen LogP contribution in [0.15, 0.2) is 54.6 Å². The molecule has 1 aliphatic carbocycles. The van der Waals surface area contributed by atoms with Crippen LogP contribution in [-0.4, -0.2) is 28.2 Å². The van der Waals surface area contributed by atoms with Gasteiger partial charge in [-0.2, -0.15) is 0 Å². The lowest BCUT2D eigenvalue weighted by Crippen LogP contribution is -2.46. The molecule has 0 aliphatic heterocycles. The fourth-order valence-corrected chi connectivity index (χ4v) is 4.50. The van der Waals surface area contributed by atoms with Crippen molar-refractivity contribution in [2.45, 2.75) is 36.9 Å². The Morgan fingerprint density at radius 3 is 2.63 bits per heavy atom. The van der Waals surface area contributed by atoms with Gasteiger partial charge in [0.15, 0.2) is 0 Å². The molecule has 1 aromatic heterocycles. The standard InChI is InChI=1S/C22H25N3OS/c1-16(21-24-18-10-5-6-11-19(18)25-21)27-14-20(26)23-15-22(12-7-13-22)17-8-3-2-4-9-17/h2-6,8-11,16H,7,12-15H2,1H3,(H,23,26)(H,24,25). The van der Waals surface area contributed by atoms with Gasteiger partial charge < -0.3 is 10.3 Å². The highest BCUT2D eigenvalue weighted by Gasteiger charge is 2.38. The van der Waals surface area contributed by atoms with Crippen molar-refractivity contribution in [3.63, 3.8) is 0 Å². The van der Waals surface area contributed by atoms with Crippen LogP contribution in [0.4, 0.5) is 0 Å². The normalized spacial score (nSPS) is 16.6. The molecule has 1 unspecified atom stereocenters. The van der Waals surface area contributed by atoms with Crippen molar-refractivity contribution in [3.05, 3.63) is 66.0 Å². The molecule has 27 heavy (non-hydrogen) atoms. The molecule has 0 radical (unpaired) electrons. The molecule has 4 rings (SSSR count). The second kappa shape index (κ2) is 7.77. The van der Waals surface area contributed by atoms with Crippen LogP contribution in [0.3, 0.4) is 0 Å². The van der Waals surface area contributed by atoms with E-state index in [-0.39, 0.29) is 16.6 Å². The lowest BCUT2D eigenvalue weighted by Gasteiger charge is -2.42. The van der Waals surface area contributed by atoms with E-state index in [4.69, 9.17) is 0 Å². The third-order valence-corrected chi connectivity index (χ3v) is 6.73. The minimum atomic E-state index is 0.102. The number of hydrogen-bond donors (Lipinski definition) is 2. The number of para-hydroxylation sites is 2. The average molecular weight is 380 g/mol. The Bertz CT molecular complexity index is 884. The molecule has 1 aliphatic rings. The van der Waals surface area contributed by atoms with Crippen LogP contribution in [0.25, 0.3) is 11.0 Å². The number of thioether (sulfide) groups is 1. The number of benzene rings is 2. The van der Waals surface area contributed by atoms with Crippen molar-refractivity contribution < 1.29 is 4.79 Å². The molecule has 5 heteroatoms. The Balaban J connectivity index is 1.30. The summed E-state index contributed by atoms with van der Waals surface area (Å²) in [6.07, 6.45) is 3.54. The van der Waals surface area contributed by atoms with E-state index in [9.17, 15) is 4.79 Å². The van der Waals surface area contributed by atoms with Crippen LogP contribution >= 0.6 is 11.8 Å². The van der Waals surface area contributed by atoms with Gasteiger partial charge in [0.05, 0.1) is 22.0 Å². The van der Waals surface area contributed by atoms with Crippen LogP contribution in [0, 0.1) is 0 Å². The zero-order valence-electron chi connectivity index (χ0n) is 15.6. The number of carbonyl (C=O) groups excluding carboxylic acids is 1. The number of imidazole rings is 1. The van der Waals surface area contributed by atoms with Crippen molar-refractivity contribution >= 4 is 28.7 Å². The number of carbonyl (C=O) groups is 1. The van der Waals surface area contributed by atoms with Gasteiger partial charge >= 0.3 is 0 Å². The van der Waals surface area contributed by atoms with Gasteiger partial charge in [-0.1, -0.05) is 48.9 Å². The van der Waals surface area contributed by atoms with E-state index < -0.39 is 0 Å². The molecule has 1 amide bonds. The number of H-pyrrole nitrogens is 1. The summed E-state index contributed by atoms with van der Waals surface area (Å²) < 4.78 is 0. The first-order valence-electron chi connectivity index (χ1n) is 9.55. The number of rotatable bonds is 7. The first kappa shape index (κ1) is 18.1. The monoisotopic (exact) mass is 379 g/mol. The summed E-state index contributed by atoms with van der Waals surface area (Å²) in [7, 11) is 0. The summed E-state index contributed by atoms with van der Waals surface area (Å²) in [4.78, 5) is 20.4. The van der Waals surface area contributed by atoms with Crippen LogP contribution in [0.2, 0.25) is 0 Å². The lowest BCUT2D eigenvalue weighted by atomic mass is 9.64. The summed E-state index contributed by atoms with van der Waals surface area (Å²) in [6.45, 7) is 2.82. The SMILES string of the molecule is CC(SCC(=O)NCC1(c2ccccc2)CCC1)c1nc2ccccc2[nH]1. The van der Waals surface area contributed by atoms with Crippen LogP contribution in [-0.2, 0) is 10.2 Å². The van der Waals surface area contributed by atoms with Crippen molar-refractivity contribution in [3.8, 4) is 0 Å². The van der Waals surface area contributed by atoms with E-state index >= 15 is 0 Å². The molecular formula is C22H25N3OS. The van der Waals surface area contributed by atoms with Gasteiger partial charge in [0.2, 0.25) is 5.91 Å². The number of aromatic amines is 1. The number of nitrogens with zero attached hydrogens (tertiary/aromatic N) is 1. The molecule has 2 aromatic carbocycles. The Kier molecular flexibility index (Phi) is 5.21. The van der Waals surface area contributed by atoms with Crippen LogP contribution < -0.4 is 5.32 Å². The van der Waals surface area contributed by atoms with Gasteiger partial charge in [0, 0.05) is 12.0 Å². The Labute approximate surface area is 164 Å². The lowest BCUT2D eigenvalue weighted by molar-refractivity contribution is -0.119. The molecular weight excluding hydrogens is 354 g/mol. The van der Waals surface area contributed by atoms with Crippen molar-refractivity contribution in [1.29, 1.82) is 0 Å². The van der Waals surface area contributed by atoms with Crippen molar-refractivity contribution in [2.24, 2.45) is 0 Å². The zero-order valence-corrected chi connectivity index (χ0v) is 16.4. The fourth-order valence-electron chi connectivity index (χ4n) is 3.73. The highest BCUT2D eigenvalue weighted by molar-refractivity contribution is 8.00. The maximum absolute atomic E-state index is 12.4. The maximum Gasteiger partial charge on any atom is 0.230 e. The average Bonchev–Trinajstić information content (AvgIpc) is 3.10. The number of aromatic nitrogens is 2. The molecule has 0 bridgehead atoms. The largest absolute Gasteiger partial charge is 0.354 e. The molecule has 1 atom stereocenters. The summed E-state index contributed by atoms with van der Waals surface area (Å²) in [5.41, 5.74) is 3.49. The van der Waals surface area contributed by atoms with Crippen LogP contribution in [0.5, 0.6) is 0 Å². The topological polar surface area (TPSA) is 57.8 Å². The second-order valence-electron chi connectivity index (χ2n) is 7.37. The predicted octanol–water partition coefficient (Wildman–Crippen LogP) is 4.60. The van der Waals surface area contributed by atoms with Gasteiger partial charge in [0.1, 0.15) is 5.82 Å². The van der Waals surface area contributed by atoms with Crippen LogP contribution in [0.1, 0.15) is 42.8 Å². The zero-order chi connectivity index (χ0) is 18.7. The van der Waals surface area contributed by atoms with Gasteiger partial charge in [0.25, 0.3) is 0 Å². The molecule has 4 nitrogen and oxygen atoms in total. The van der Waals surface area contributed by atoms with E-state index in [1.54, 1.807) is 11.8 Å². The molecule has 140 valence electrons. The molecule has 0 spiro atoms. The second-order valence-corrected chi connectivity index (χ2v) is 8.70. The number of fused-ring (bicyclic) bond motifs is 1. The molecule has 3 aromatic rings. The molecule has 0 saturated heterocycles. The van der Waals surface area contributed by atoms with Gasteiger partial charge in [-0.25, -0.2) is 4.98 Å². The fraction of sp³-hybridized carbons (Fsp3) is 0.364. The van der Waals surface area contributed by atoms with Crippen molar-refractivity contribution in [1.82, 2.24) is 15.3 Å². The molecule has 1 heterocycles. The first-order chi connectivity index (χ1) is 13.2. The summed E-state index contributed by atoms with van der Waals surface area (Å²) in [5, 5.41) is 3.32. The molecule has 1 saturated carbocycles. The van der Waals surface area contributed by atoms with E-state index in [1.807, 2.05) is 30.3 Å². The van der Waals surface area contributed by atoms with Gasteiger partial charge in [-0.3, -0.25) is 4.79 Å². The minimum Gasteiger partial charge on any atom is -0.354 e. The first-order valence-corrected chi connectivity index (χ1v) is 10.6. The summed E-state index contributed by atoms with van der Waals surface area (Å²) in [5.74, 6) is 1.47. The highest BCUT2D eigenvalue weighted by atomic mass is 32.2. The Hall–Kier alpha value is -2.27. The van der Waals surface area contributed by atoms with Crippen molar-refractivity contribution in [2.75, 3.05) is 12.3 Å². The number of amides is 1. The smallest absolute Gasteiger partial charge is 0.230 e.